The first-order chi connectivity index (χ1) is 8.38. The molecule has 0 saturated carbocycles. The molecule has 1 aromatic rings. The summed E-state index contributed by atoms with van der Waals surface area (Å²) in [6.07, 6.45) is -3.09. The van der Waals surface area contributed by atoms with Crippen molar-refractivity contribution in [1.29, 1.82) is 0 Å². The summed E-state index contributed by atoms with van der Waals surface area (Å²) in [5, 5.41) is 27.7. The topological polar surface area (TPSA) is 77.8 Å². The monoisotopic (exact) mass is 278 g/mol. The lowest BCUT2D eigenvalue weighted by atomic mass is 10.00. The number of benzene rings is 1. The fraction of sp³-hybridized carbons (Fsp3) is 0.364. The van der Waals surface area contributed by atoms with E-state index in [-0.39, 0.29) is 12.2 Å². The van der Waals surface area contributed by atoms with Crippen molar-refractivity contribution in [3.63, 3.8) is 0 Å². The Hall–Kier alpha value is -1.18. The summed E-state index contributed by atoms with van der Waals surface area (Å²) >= 11 is 3.83. The zero-order valence-corrected chi connectivity index (χ0v) is 10.1. The van der Waals surface area contributed by atoms with Gasteiger partial charge in [-0.2, -0.15) is 12.6 Å². The van der Waals surface area contributed by atoms with Gasteiger partial charge in [-0.1, -0.05) is 0 Å². The van der Waals surface area contributed by atoms with Gasteiger partial charge in [0.1, 0.15) is 17.7 Å². The van der Waals surface area contributed by atoms with Crippen molar-refractivity contribution in [2.75, 3.05) is 5.75 Å². The van der Waals surface area contributed by atoms with Crippen molar-refractivity contribution < 1.29 is 28.9 Å². The molecule has 0 aliphatic rings. The summed E-state index contributed by atoms with van der Waals surface area (Å²) in [5.41, 5.74) is -1.31. The predicted molar refractivity (Wildman–Crippen MR) is 62.8 cm³/mol. The summed E-state index contributed by atoms with van der Waals surface area (Å²) in [6.45, 7) is 0. The number of halogens is 2. The van der Waals surface area contributed by atoms with Crippen LogP contribution in [0.15, 0.2) is 12.1 Å². The third-order valence-electron chi connectivity index (χ3n) is 2.41. The molecule has 2 atom stereocenters. The van der Waals surface area contributed by atoms with Crippen molar-refractivity contribution >= 4 is 18.6 Å². The second-order valence-electron chi connectivity index (χ2n) is 3.68. The fourth-order valence-electron chi connectivity index (χ4n) is 1.47. The first kappa shape index (κ1) is 14.9. The van der Waals surface area contributed by atoms with Crippen LogP contribution >= 0.6 is 12.6 Å². The lowest BCUT2D eigenvalue weighted by Gasteiger charge is -2.18. The summed E-state index contributed by atoms with van der Waals surface area (Å²) < 4.78 is 27.1. The third-order valence-corrected chi connectivity index (χ3v) is 2.67. The minimum absolute atomic E-state index is 0.0455. The van der Waals surface area contributed by atoms with Crippen LogP contribution in [-0.2, 0) is 0 Å². The van der Waals surface area contributed by atoms with E-state index in [0.29, 0.717) is 12.1 Å². The van der Waals surface area contributed by atoms with E-state index in [0.717, 1.165) is 0 Å². The van der Waals surface area contributed by atoms with Crippen LogP contribution in [-0.4, -0.2) is 33.1 Å². The fourth-order valence-corrected chi connectivity index (χ4v) is 1.74. The van der Waals surface area contributed by atoms with Gasteiger partial charge in [0.2, 0.25) is 0 Å². The van der Waals surface area contributed by atoms with Gasteiger partial charge in [-0.3, -0.25) is 0 Å². The van der Waals surface area contributed by atoms with Gasteiger partial charge in [0, 0.05) is 0 Å². The van der Waals surface area contributed by atoms with Gasteiger partial charge in [0.05, 0.1) is 17.2 Å². The lowest BCUT2D eigenvalue weighted by molar-refractivity contribution is 0.0129. The molecule has 0 saturated heterocycles. The maximum atomic E-state index is 13.5. The van der Waals surface area contributed by atoms with Crippen LogP contribution in [0.1, 0.15) is 28.4 Å². The minimum atomic E-state index is -1.76. The average Bonchev–Trinajstić information content (AvgIpc) is 2.27. The highest BCUT2D eigenvalue weighted by atomic mass is 32.1. The molecule has 2 unspecified atom stereocenters. The van der Waals surface area contributed by atoms with E-state index < -0.39 is 40.9 Å². The molecule has 0 aliphatic heterocycles. The highest BCUT2D eigenvalue weighted by Gasteiger charge is 2.26. The van der Waals surface area contributed by atoms with Gasteiger partial charge in [-0.25, -0.2) is 13.6 Å². The van der Waals surface area contributed by atoms with Crippen LogP contribution in [0.4, 0.5) is 8.78 Å². The zero-order valence-electron chi connectivity index (χ0n) is 9.18. The Labute approximate surface area is 107 Å². The molecular formula is C11H12F2O4S. The second-order valence-corrected chi connectivity index (χ2v) is 4.13. The van der Waals surface area contributed by atoms with Crippen molar-refractivity contribution in [1.82, 2.24) is 0 Å². The number of carboxylic acid groups (broad SMARTS) is 1. The highest BCUT2D eigenvalue weighted by molar-refractivity contribution is 7.80. The van der Waals surface area contributed by atoms with Gasteiger partial charge in [0.15, 0.2) is 0 Å². The number of aliphatic hydroxyl groups excluding tert-OH is 2. The smallest absolute Gasteiger partial charge is 0.335 e. The number of hydrogen-bond acceptors (Lipinski definition) is 4. The van der Waals surface area contributed by atoms with E-state index in [9.17, 15) is 23.8 Å². The van der Waals surface area contributed by atoms with Crippen LogP contribution in [0.2, 0.25) is 0 Å². The number of thiol groups is 1. The Kier molecular flexibility index (Phi) is 5.06. The standard InChI is InChI=1S/C11H12F2O4S/c12-6-3-5(11(16)17)4-7(13)9(6)10(15)8(14)1-2-18/h3-4,8,10,14-15,18H,1-2H2,(H,16,17). The van der Waals surface area contributed by atoms with Crippen LogP contribution in [0.3, 0.4) is 0 Å². The quantitative estimate of drug-likeness (QED) is 0.614. The molecule has 0 amide bonds. The Bertz CT molecular complexity index is 430. The van der Waals surface area contributed by atoms with E-state index in [2.05, 4.69) is 12.6 Å². The van der Waals surface area contributed by atoms with Gasteiger partial charge in [-0.05, 0) is 24.3 Å². The number of aromatic carboxylic acids is 1. The molecule has 0 bridgehead atoms. The van der Waals surface area contributed by atoms with E-state index in [1.165, 1.54) is 0 Å². The second kappa shape index (κ2) is 6.12. The summed E-state index contributed by atoms with van der Waals surface area (Å²) in [7, 11) is 0. The molecule has 0 aliphatic carbocycles. The summed E-state index contributed by atoms with van der Waals surface area (Å²) in [5.74, 6) is -3.67. The first-order valence-corrected chi connectivity index (χ1v) is 5.71. The normalized spacial score (nSPS) is 14.3. The number of aliphatic hydroxyl groups is 2. The van der Waals surface area contributed by atoms with Crippen molar-refractivity contribution in [3.8, 4) is 0 Å². The Balaban J connectivity index is 3.13. The maximum Gasteiger partial charge on any atom is 0.335 e. The predicted octanol–water partition coefficient (Wildman–Crippen LogP) is 1.38. The molecule has 7 heteroatoms. The summed E-state index contributed by atoms with van der Waals surface area (Å²) in [4.78, 5) is 10.6. The summed E-state index contributed by atoms with van der Waals surface area (Å²) in [6, 6.07) is 1.19. The van der Waals surface area contributed by atoms with Crippen LogP contribution in [0.5, 0.6) is 0 Å². The molecule has 0 radical (unpaired) electrons. The maximum absolute atomic E-state index is 13.5. The molecule has 0 fully saturated rings. The van der Waals surface area contributed by atoms with E-state index in [1.54, 1.807) is 0 Å². The molecule has 1 rings (SSSR count). The Morgan fingerprint density at radius 2 is 1.78 bits per heavy atom. The van der Waals surface area contributed by atoms with Crippen molar-refractivity contribution in [2.24, 2.45) is 0 Å². The Morgan fingerprint density at radius 1 is 1.28 bits per heavy atom. The molecule has 3 N–H and O–H groups in total. The van der Waals surface area contributed by atoms with Crippen molar-refractivity contribution in [2.45, 2.75) is 18.6 Å². The van der Waals surface area contributed by atoms with Gasteiger partial charge < -0.3 is 15.3 Å². The molecule has 18 heavy (non-hydrogen) atoms. The zero-order chi connectivity index (χ0) is 13.9. The van der Waals surface area contributed by atoms with E-state index >= 15 is 0 Å². The molecular weight excluding hydrogens is 266 g/mol. The molecule has 0 aromatic heterocycles. The molecule has 100 valence electrons. The van der Waals surface area contributed by atoms with Gasteiger partial charge in [-0.15, -0.1) is 0 Å². The van der Waals surface area contributed by atoms with Crippen molar-refractivity contribution in [3.05, 3.63) is 34.9 Å². The number of carbonyl (C=O) groups is 1. The molecule has 0 spiro atoms. The largest absolute Gasteiger partial charge is 0.478 e. The molecule has 4 nitrogen and oxygen atoms in total. The number of carboxylic acids is 1. The Morgan fingerprint density at radius 3 is 2.17 bits per heavy atom. The molecule has 1 aromatic carbocycles. The number of hydrogen-bond donors (Lipinski definition) is 4. The van der Waals surface area contributed by atoms with Gasteiger partial charge >= 0.3 is 5.97 Å². The van der Waals surface area contributed by atoms with Crippen LogP contribution < -0.4 is 0 Å². The molecule has 0 heterocycles. The van der Waals surface area contributed by atoms with E-state index in [4.69, 9.17) is 5.11 Å². The highest BCUT2D eigenvalue weighted by Crippen LogP contribution is 2.26. The lowest BCUT2D eigenvalue weighted by Crippen LogP contribution is -2.21. The number of rotatable bonds is 5. The van der Waals surface area contributed by atoms with Gasteiger partial charge in [0.25, 0.3) is 0 Å². The average molecular weight is 278 g/mol. The van der Waals surface area contributed by atoms with E-state index in [1.807, 2.05) is 0 Å². The van der Waals surface area contributed by atoms with Crippen LogP contribution in [0.25, 0.3) is 0 Å². The first-order valence-electron chi connectivity index (χ1n) is 5.07. The SMILES string of the molecule is O=C(O)c1cc(F)c(C(O)C(O)CCS)c(F)c1. The van der Waals surface area contributed by atoms with Crippen LogP contribution in [0, 0.1) is 11.6 Å². The third kappa shape index (κ3) is 3.18. The minimum Gasteiger partial charge on any atom is -0.478 e.